The monoisotopic (exact) mass is 259 g/mol. The minimum absolute atomic E-state index is 0.0668. The van der Waals surface area contributed by atoms with Crippen LogP contribution in [0.4, 0.5) is 0 Å². The third-order valence-electron chi connectivity index (χ3n) is 3.55. The quantitative estimate of drug-likeness (QED) is 0.815. The molecule has 2 unspecified atom stereocenters. The number of rotatable bonds is 4. The van der Waals surface area contributed by atoms with Gasteiger partial charge in [0.05, 0.1) is 6.10 Å². The normalized spacial score (nSPS) is 22.8. The number of hydrogen-bond acceptors (Lipinski definition) is 2. The van der Waals surface area contributed by atoms with Crippen molar-refractivity contribution in [3.05, 3.63) is 41.5 Å². The van der Waals surface area contributed by atoms with Crippen LogP contribution in [0.25, 0.3) is 6.08 Å². The lowest BCUT2D eigenvalue weighted by Crippen LogP contribution is -2.26. The first-order valence-electron chi connectivity index (χ1n) is 6.84. The molecule has 1 aliphatic rings. The van der Waals surface area contributed by atoms with Gasteiger partial charge in [-0.05, 0) is 43.7 Å². The number of carbonyl (C=O) groups excluding carboxylic acids is 1. The Balaban J connectivity index is 1.78. The lowest BCUT2D eigenvalue weighted by Gasteiger charge is -2.09. The van der Waals surface area contributed by atoms with Crippen LogP contribution in [0.2, 0.25) is 0 Å². The summed E-state index contributed by atoms with van der Waals surface area (Å²) in [6, 6.07) is 8.02. The smallest absolute Gasteiger partial charge is 0.244 e. The van der Waals surface area contributed by atoms with Crippen molar-refractivity contribution in [3.8, 4) is 0 Å². The van der Waals surface area contributed by atoms with Gasteiger partial charge in [0.15, 0.2) is 0 Å². The van der Waals surface area contributed by atoms with Gasteiger partial charge in [0.1, 0.15) is 0 Å². The molecule has 1 saturated carbocycles. The predicted octanol–water partition coefficient (Wildman–Crippen LogP) is 2.29. The van der Waals surface area contributed by atoms with Crippen LogP contribution >= 0.6 is 0 Å². The molecular weight excluding hydrogens is 238 g/mol. The summed E-state index contributed by atoms with van der Waals surface area (Å²) >= 11 is 0. The van der Waals surface area contributed by atoms with E-state index in [0.29, 0.717) is 12.5 Å². The summed E-state index contributed by atoms with van der Waals surface area (Å²) < 4.78 is 0. The Bertz CT molecular complexity index is 468. The average Bonchev–Trinajstić information content (AvgIpc) is 2.80. The van der Waals surface area contributed by atoms with Gasteiger partial charge in [0.25, 0.3) is 0 Å². The lowest BCUT2D eigenvalue weighted by atomic mass is 10.1. The van der Waals surface area contributed by atoms with Crippen molar-refractivity contribution >= 4 is 12.0 Å². The maximum atomic E-state index is 11.7. The van der Waals surface area contributed by atoms with E-state index in [1.807, 2.05) is 37.3 Å². The first-order chi connectivity index (χ1) is 9.13. The van der Waals surface area contributed by atoms with Crippen molar-refractivity contribution in [2.45, 2.75) is 32.3 Å². The fraction of sp³-hybridized carbons (Fsp3) is 0.438. The van der Waals surface area contributed by atoms with E-state index in [1.54, 1.807) is 6.08 Å². The molecule has 3 heteroatoms. The van der Waals surface area contributed by atoms with Gasteiger partial charge >= 0.3 is 0 Å². The molecule has 2 rings (SSSR count). The van der Waals surface area contributed by atoms with Gasteiger partial charge < -0.3 is 10.4 Å². The van der Waals surface area contributed by atoms with Crippen molar-refractivity contribution in [1.82, 2.24) is 5.32 Å². The van der Waals surface area contributed by atoms with Gasteiger partial charge in [-0.15, -0.1) is 0 Å². The molecule has 0 aliphatic heterocycles. The number of aliphatic hydroxyl groups excluding tert-OH is 1. The number of amides is 1. The molecular formula is C16H21NO2. The molecule has 0 aromatic heterocycles. The summed E-state index contributed by atoms with van der Waals surface area (Å²) in [5.74, 6) is 0.356. The Morgan fingerprint density at radius 1 is 1.47 bits per heavy atom. The van der Waals surface area contributed by atoms with E-state index in [2.05, 4.69) is 5.32 Å². The molecule has 102 valence electrons. The highest BCUT2D eigenvalue weighted by Crippen LogP contribution is 2.24. The molecule has 2 atom stereocenters. The summed E-state index contributed by atoms with van der Waals surface area (Å²) in [6.07, 6.45) is 5.89. The Labute approximate surface area is 114 Å². The fourth-order valence-electron chi connectivity index (χ4n) is 2.48. The number of benzene rings is 1. The van der Waals surface area contributed by atoms with Crippen molar-refractivity contribution in [2.24, 2.45) is 5.92 Å². The van der Waals surface area contributed by atoms with Crippen LogP contribution in [0.3, 0.4) is 0 Å². The highest BCUT2D eigenvalue weighted by Gasteiger charge is 2.22. The minimum Gasteiger partial charge on any atom is -0.393 e. The summed E-state index contributed by atoms with van der Waals surface area (Å²) in [6.45, 7) is 2.69. The predicted molar refractivity (Wildman–Crippen MR) is 76.6 cm³/mol. The summed E-state index contributed by atoms with van der Waals surface area (Å²) in [7, 11) is 0. The second-order valence-electron chi connectivity index (χ2n) is 5.33. The zero-order valence-electron chi connectivity index (χ0n) is 11.3. The minimum atomic E-state index is -0.176. The molecule has 2 N–H and O–H groups in total. The maximum Gasteiger partial charge on any atom is 0.244 e. The summed E-state index contributed by atoms with van der Waals surface area (Å²) in [4.78, 5) is 11.7. The Hall–Kier alpha value is -1.61. The van der Waals surface area contributed by atoms with E-state index in [-0.39, 0.29) is 12.0 Å². The van der Waals surface area contributed by atoms with Crippen molar-refractivity contribution in [3.63, 3.8) is 0 Å². The van der Waals surface area contributed by atoms with E-state index in [1.165, 1.54) is 5.56 Å². The molecule has 1 amide bonds. The lowest BCUT2D eigenvalue weighted by molar-refractivity contribution is -0.116. The number of hydrogen-bond donors (Lipinski definition) is 2. The molecule has 1 aromatic rings. The Morgan fingerprint density at radius 2 is 2.32 bits per heavy atom. The standard InChI is InChI=1S/C16H21NO2/c1-12-3-2-4-13(9-12)6-8-16(19)17-11-14-5-7-15(18)10-14/h2-4,6,8-9,14-15,18H,5,7,10-11H2,1H3,(H,17,19)/b8-6+. The molecule has 1 aliphatic carbocycles. The molecule has 0 heterocycles. The second kappa shape index (κ2) is 6.53. The van der Waals surface area contributed by atoms with Crippen molar-refractivity contribution in [1.29, 1.82) is 0 Å². The first-order valence-corrected chi connectivity index (χ1v) is 6.84. The van der Waals surface area contributed by atoms with E-state index < -0.39 is 0 Å². The number of nitrogens with one attached hydrogen (secondary N) is 1. The van der Waals surface area contributed by atoms with Crippen molar-refractivity contribution < 1.29 is 9.90 Å². The zero-order valence-corrected chi connectivity index (χ0v) is 11.3. The largest absolute Gasteiger partial charge is 0.393 e. The second-order valence-corrected chi connectivity index (χ2v) is 5.33. The molecule has 0 radical (unpaired) electrons. The van der Waals surface area contributed by atoms with Gasteiger partial charge in [-0.3, -0.25) is 4.79 Å². The molecule has 3 nitrogen and oxygen atoms in total. The third kappa shape index (κ3) is 4.52. The molecule has 0 saturated heterocycles. The van der Waals surface area contributed by atoms with E-state index >= 15 is 0 Å². The Kier molecular flexibility index (Phi) is 4.74. The van der Waals surface area contributed by atoms with Crippen LogP contribution in [-0.2, 0) is 4.79 Å². The number of carbonyl (C=O) groups is 1. The summed E-state index contributed by atoms with van der Waals surface area (Å²) in [5, 5.41) is 12.3. The topological polar surface area (TPSA) is 49.3 Å². The highest BCUT2D eigenvalue weighted by atomic mass is 16.3. The van der Waals surface area contributed by atoms with E-state index in [0.717, 1.165) is 24.8 Å². The third-order valence-corrected chi connectivity index (χ3v) is 3.55. The molecule has 0 spiro atoms. The van der Waals surface area contributed by atoms with Crippen molar-refractivity contribution in [2.75, 3.05) is 6.54 Å². The van der Waals surface area contributed by atoms with Crippen LogP contribution in [-0.4, -0.2) is 23.7 Å². The molecule has 1 fully saturated rings. The number of aliphatic hydroxyl groups is 1. The van der Waals surface area contributed by atoms with Gasteiger partial charge in [0, 0.05) is 12.6 Å². The SMILES string of the molecule is Cc1cccc(/C=C/C(=O)NCC2CCC(O)C2)c1. The highest BCUT2D eigenvalue weighted by molar-refractivity contribution is 5.91. The van der Waals surface area contributed by atoms with Crippen LogP contribution in [0, 0.1) is 12.8 Å². The van der Waals surface area contributed by atoms with E-state index in [4.69, 9.17) is 0 Å². The molecule has 1 aromatic carbocycles. The van der Waals surface area contributed by atoms with Crippen LogP contribution in [0.15, 0.2) is 30.3 Å². The van der Waals surface area contributed by atoms with Crippen LogP contribution in [0.5, 0.6) is 0 Å². The van der Waals surface area contributed by atoms with Crippen LogP contribution in [0.1, 0.15) is 30.4 Å². The first kappa shape index (κ1) is 13.8. The Morgan fingerprint density at radius 3 is 3.00 bits per heavy atom. The van der Waals surface area contributed by atoms with Gasteiger partial charge in [-0.25, -0.2) is 0 Å². The maximum absolute atomic E-state index is 11.7. The summed E-state index contributed by atoms with van der Waals surface area (Å²) in [5.41, 5.74) is 2.22. The average molecular weight is 259 g/mol. The molecule has 0 bridgehead atoms. The number of aryl methyl sites for hydroxylation is 1. The zero-order chi connectivity index (χ0) is 13.7. The molecule has 19 heavy (non-hydrogen) atoms. The van der Waals surface area contributed by atoms with Crippen LogP contribution < -0.4 is 5.32 Å². The van der Waals surface area contributed by atoms with Gasteiger partial charge in [-0.2, -0.15) is 0 Å². The fourth-order valence-corrected chi connectivity index (χ4v) is 2.48. The van der Waals surface area contributed by atoms with Gasteiger partial charge in [0.2, 0.25) is 5.91 Å². The van der Waals surface area contributed by atoms with E-state index in [9.17, 15) is 9.90 Å². The van der Waals surface area contributed by atoms with Gasteiger partial charge in [-0.1, -0.05) is 29.8 Å².